The van der Waals surface area contributed by atoms with Gasteiger partial charge in [0.25, 0.3) is 0 Å². The van der Waals surface area contributed by atoms with Crippen LogP contribution < -0.4 is 0 Å². The number of rotatable bonds is 2. The molecule has 0 aliphatic heterocycles. The van der Waals surface area contributed by atoms with Crippen LogP contribution in [0.2, 0.25) is 0 Å². The van der Waals surface area contributed by atoms with Crippen LogP contribution in [0.1, 0.15) is 27.0 Å². The Morgan fingerprint density at radius 1 is 1.00 bits per heavy atom. The van der Waals surface area contributed by atoms with Crippen LogP contribution in [-0.2, 0) is 18.2 Å². The Morgan fingerprint density at radius 2 is 1.50 bits per heavy atom. The summed E-state index contributed by atoms with van der Waals surface area (Å²) in [5, 5.41) is 0. The smallest absolute Gasteiger partial charge is 0.298 e. The summed E-state index contributed by atoms with van der Waals surface area (Å²) in [6, 6.07) is 0.410. The second kappa shape index (κ2) is 4.79. The van der Waals surface area contributed by atoms with Crippen molar-refractivity contribution < 1.29 is 31.1 Å². The Morgan fingerprint density at radius 3 is 1.83 bits per heavy atom. The van der Waals surface area contributed by atoms with Crippen LogP contribution in [0.4, 0.5) is 26.3 Å². The molecule has 0 saturated carbocycles. The van der Waals surface area contributed by atoms with E-state index in [9.17, 15) is 31.1 Å². The third kappa shape index (κ3) is 2.95. The molecule has 0 aromatic heterocycles. The molecule has 0 radical (unpaired) electrons. The highest BCUT2D eigenvalue weighted by Crippen LogP contribution is 2.38. The summed E-state index contributed by atoms with van der Waals surface area (Å²) in [7, 11) is 0. The molecule has 0 saturated heterocycles. The fraction of sp³-hybridized carbons (Fsp3) is 0.300. The van der Waals surface area contributed by atoms with Crippen LogP contribution in [0, 0.1) is 0 Å². The molecule has 0 bridgehead atoms. The first-order valence-corrected chi connectivity index (χ1v) is 4.97. The Balaban J connectivity index is 3.57. The lowest BCUT2D eigenvalue weighted by atomic mass is 9.99. The lowest BCUT2D eigenvalue weighted by molar-refractivity contribution is -0.141. The Bertz CT molecular complexity index is 463. The van der Waals surface area contributed by atoms with Gasteiger partial charge in [-0.2, -0.15) is 26.3 Å². The lowest BCUT2D eigenvalue weighted by Crippen LogP contribution is -2.15. The van der Waals surface area contributed by atoms with Crippen molar-refractivity contribution in [3.05, 3.63) is 34.4 Å². The summed E-state index contributed by atoms with van der Waals surface area (Å²) in [5.41, 5.74) is -4.56. The zero-order valence-corrected chi connectivity index (χ0v) is 9.25. The molecular weight excluding hydrogens is 286 g/mol. The van der Waals surface area contributed by atoms with Crippen molar-refractivity contribution in [3.8, 4) is 0 Å². The van der Waals surface area contributed by atoms with Gasteiger partial charge < -0.3 is 0 Å². The number of aldehydes is 1. The molecule has 8 heteroatoms. The maximum atomic E-state index is 12.5. The van der Waals surface area contributed by atoms with Crippen molar-refractivity contribution in [2.24, 2.45) is 0 Å². The fourth-order valence-corrected chi connectivity index (χ4v) is 1.60. The second-order valence-corrected chi connectivity index (χ2v) is 3.61. The number of benzene rings is 1. The minimum Gasteiger partial charge on any atom is -0.298 e. The van der Waals surface area contributed by atoms with Gasteiger partial charge in [-0.15, -0.1) is 11.6 Å². The van der Waals surface area contributed by atoms with E-state index < -0.39 is 40.5 Å². The van der Waals surface area contributed by atoms with E-state index in [0.29, 0.717) is 0 Å². The van der Waals surface area contributed by atoms with E-state index in [4.69, 9.17) is 11.6 Å². The predicted octanol–water partition coefficient (Wildman–Crippen LogP) is 4.28. The van der Waals surface area contributed by atoms with Gasteiger partial charge in [-0.1, -0.05) is 0 Å². The Labute approximate surface area is 102 Å². The average Bonchev–Trinajstić information content (AvgIpc) is 2.24. The van der Waals surface area contributed by atoms with E-state index in [1.165, 1.54) is 0 Å². The van der Waals surface area contributed by atoms with E-state index in [1.807, 2.05) is 0 Å². The Kier molecular flexibility index (Phi) is 3.95. The monoisotopic (exact) mass is 290 g/mol. The summed E-state index contributed by atoms with van der Waals surface area (Å²) < 4.78 is 75.1. The van der Waals surface area contributed by atoms with E-state index in [1.54, 1.807) is 0 Å². The SMILES string of the molecule is O=Cc1cc(C(F)(F)F)c(CCl)cc1C(F)(F)F. The summed E-state index contributed by atoms with van der Waals surface area (Å²) in [6.07, 6.45) is -10.1. The topological polar surface area (TPSA) is 17.1 Å². The standard InChI is InChI=1S/C10H5ClF6O/c11-3-5-1-8(10(15,16)17)6(4-18)2-7(5)9(12,13)14/h1-2,4H,3H2. The number of halogens is 7. The van der Waals surface area contributed by atoms with Gasteiger partial charge in [0.15, 0.2) is 6.29 Å². The van der Waals surface area contributed by atoms with Crippen molar-refractivity contribution in [2.75, 3.05) is 0 Å². The normalized spacial score (nSPS) is 12.6. The minimum atomic E-state index is -4.92. The second-order valence-electron chi connectivity index (χ2n) is 3.34. The van der Waals surface area contributed by atoms with E-state index >= 15 is 0 Å². The summed E-state index contributed by atoms with van der Waals surface area (Å²) in [4.78, 5) is 10.5. The van der Waals surface area contributed by atoms with Gasteiger partial charge >= 0.3 is 12.4 Å². The molecule has 1 aromatic rings. The number of carbonyl (C=O) groups is 1. The van der Waals surface area contributed by atoms with E-state index in [0.717, 1.165) is 0 Å². The molecule has 0 heterocycles. The average molecular weight is 291 g/mol. The van der Waals surface area contributed by atoms with Gasteiger partial charge in [0.1, 0.15) is 0 Å². The molecule has 1 nitrogen and oxygen atoms in total. The molecular formula is C10H5ClF6O. The van der Waals surface area contributed by atoms with Gasteiger partial charge in [0.05, 0.1) is 11.1 Å². The predicted molar refractivity (Wildman–Crippen MR) is 51.4 cm³/mol. The molecule has 0 aliphatic rings. The van der Waals surface area contributed by atoms with Crippen molar-refractivity contribution in [3.63, 3.8) is 0 Å². The zero-order valence-electron chi connectivity index (χ0n) is 8.49. The lowest BCUT2D eigenvalue weighted by Gasteiger charge is -2.16. The summed E-state index contributed by atoms with van der Waals surface area (Å²) >= 11 is 5.20. The first kappa shape index (κ1) is 14.8. The number of hydrogen-bond donors (Lipinski definition) is 0. The molecule has 0 fully saturated rings. The number of hydrogen-bond acceptors (Lipinski definition) is 1. The van der Waals surface area contributed by atoms with Crippen molar-refractivity contribution >= 4 is 17.9 Å². The van der Waals surface area contributed by atoms with Crippen molar-refractivity contribution in [2.45, 2.75) is 18.2 Å². The molecule has 0 N–H and O–H groups in total. The van der Waals surface area contributed by atoms with Gasteiger partial charge in [-0.25, -0.2) is 0 Å². The van der Waals surface area contributed by atoms with E-state index in [2.05, 4.69) is 0 Å². The fourth-order valence-electron chi connectivity index (χ4n) is 1.38. The molecule has 0 spiro atoms. The maximum absolute atomic E-state index is 12.5. The molecule has 0 atom stereocenters. The quantitative estimate of drug-likeness (QED) is 0.451. The highest BCUT2D eigenvalue weighted by Gasteiger charge is 2.39. The largest absolute Gasteiger partial charge is 0.417 e. The van der Waals surface area contributed by atoms with Crippen LogP contribution in [0.3, 0.4) is 0 Å². The molecule has 100 valence electrons. The number of carbonyl (C=O) groups excluding carboxylic acids is 1. The van der Waals surface area contributed by atoms with Crippen LogP contribution in [0.25, 0.3) is 0 Å². The number of alkyl halides is 7. The third-order valence-corrected chi connectivity index (χ3v) is 2.45. The molecule has 18 heavy (non-hydrogen) atoms. The first-order valence-electron chi connectivity index (χ1n) is 4.43. The van der Waals surface area contributed by atoms with E-state index in [-0.39, 0.29) is 18.4 Å². The van der Waals surface area contributed by atoms with Crippen molar-refractivity contribution in [1.82, 2.24) is 0 Å². The minimum absolute atomic E-state index is 0.160. The third-order valence-electron chi connectivity index (χ3n) is 2.16. The van der Waals surface area contributed by atoms with Gasteiger partial charge in [0, 0.05) is 11.4 Å². The molecule has 0 amide bonds. The maximum Gasteiger partial charge on any atom is 0.417 e. The highest BCUT2D eigenvalue weighted by atomic mass is 35.5. The van der Waals surface area contributed by atoms with Gasteiger partial charge in [-0.05, 0) is 17.7 Å². The molecule has 0 unspecified atom stereocenters. The van der Waals surface area contributed by atoms with Crippen LogP contribution >= 0.6 is 11.6 Å². The van der Waals surface area contributed by atoms with Crippen LogP contribution in [0.15, 0.2) is 12.1 Å². The van der Waals surface area contributed by atoms with Crippen molar-refractivity contribution in [1.29, 1.82) is 0 Å². The van der Waals surface area contributed by atoms with Crippen LogP contribution in [-0.4, -0.2) is 6.29 Å². The molecule has 1 rings (SSSR count). The van der Waals surface area contributed by atoms with Gasteiger partial charge in [0.2, 0.25) is 0 Å². The first-order chi connectivity index (χ1) is 8.11. The summed E-state index contributed by atoms with van der Waals surface area (Å²) in [5.74, 6) is -0.739. The Hall–Kier alpha value is -1.24. The zero-order chi connectivity index (χ0) is 14.1. The molecule has 0 aliphatic carbocycles. The van der Waals surface area contributed by atoms with Crippen LogP contribution in [0.5, 0.6) is 0 Å². The summed E-state index contributed by atoms with van der Waals surface area (Å²) in [6.45, 7) is 0. The highest BCUT2D eigenvalue weighted by molar-refractivity contribution is 6.17. The van der Waals surface area contributed by atoms with Gasteiger partial charge in [-0.3, -0.25) is 4.79 Å². The molecule has 1 aromatic carbocycles.